The lowest BCUT2D eigenvalue weighted by Crippen LogP contribution is -1.81. The SMILES string of the molecule is Cc1ccc(OI)c(OI)c1. The molecule has 0 saturated heterocycles. The number of hydrogen-bond acceptors (Lipinski definition) is 2. The van der Waals surface area contributed by atoms with Crippen LogP contribution in [0.1, 0.15) is 5.56 Å². The first-order valence-electron chi connectivity index (χ1n) is 2.95. The first-order chi connectivity index (χ1) is 5.27. The Morgan fingerprint density at radius 2 is 1.73 bits per heavy atom. The Hall–Kier alpha value is 0.280. The molecule has 0 radical (unpaired) electrons. The minimum Gasteiger partial charge on any atom is -0.424 e. The van der Waals surface area contributed by atoms with Gasteiger partial charge in [0, 0.05) is 0 Å². The Bertz CT molecular complexity index is 250. The van der Waals surface area contributed by atoms with E-state index >= 15 is 0 Å². The number of aryl methyl sites for hydroxylation is 1. The van der Waals surface area contributed by atoms with Gasteiger partial charge in [0.2, 0.25) is 0 Å². The molecule has 0 aliphatic carbocycles. The molecule has 60 valence electrons. The van der Waals surface area contributed by atoms with Crippen molar-refractivity contribution in [3.05, 3.63) is 23.8 Å². The zero-order valence-electron chi connectivity index (χ0n) is 5.80. The molecule has 0 spiro atoms. The van der Waals surface area contributed by atoms with Crippen molar-refractivity contribution >= 4 is 46.0 Å². The highest BCUT2D eigenvalue weighted by Crippen LogP contribution is 2.30. The van der Waals surface area contributed by atoms with E-state index in [1.54, 1.807) is 0 Å². The molecule has 0 unspecified atom stereocenters. The van der Waals surface area contributed by atoms with Crippen LogP contribution >= 0.6 is 46.0 Å². The van der Waals surface area contributed by atoms with Crippen LogP contribution in [0.5, 0.6) is 11.5 Å². The summed E-state index contributed by atoms with van der Waals surface area (Å²) in [5.41, 5.74) is 1.16. The van der Waals surface area contributed by atoms with Crippen molar-refractivity contribution in [2.75, 3.05) is 0 Å². The van der Waals surface area contributed by atoms with Gasteiger partial charge >= 0.3 is 0 Å². The highest BCUT2D eigenvalue weighted by Gasteiger charge is 2.02. The summed E-state index contributed by atoms with van der Waals surface area (Å²) in [6.07, 6.45) is 0. The third-order valence-electron chi connectivity index (χ3n) is 1.27. The van der Waals surface area contributed by atoms with Gasteiger partial charge in [0.1, 0.15) is 0 Å². The molecule has 4 heteroatoms. The average molecular weight is 376 g/mol. The summed E-state index contributed by atoms with van der Waals surface area (Å²) >= 11 is 3.67. The minimum atomic E-state index is 0.755. The molecule has 11 heavy (non-hydrogen) atoms. The zero-order chi connectivity index (χ0) is 8.27. The van der Waals surface area contributed by atoms with Crippen LogP contribution in [-0.4, -0.2) is 0 Å². The maximum absolute atomic E-state index is 5.06. The number of halogens is 2. The van der Waals surface area contributed by atoms with Crippen molar-refractivity contribution < 1.29 is 6.13 Å². The summed E-state index contributed by atoms with van der Waals surface area (Å²) in [4.78, 5) is 0. The lowest BCUT2D eigenvalue weighted by Gasteiger charge is -2.03. The quantitative estimate of drug-likeness (QED) is 0.737. The summed E-state index contributed by atoms with van der Waals surface area (Å²) in [6, 6.07) is 5.79. The Labute approximate surface area is 93.7 Å². The van der Waals surface area contributed by atoms with Gasteiger partial charge < -0.3 is 6.13 Å². The molecule has 0 heterocycles. The number of hydrogen-bond donors (Lipinski definition) is 0. The summed E-state index contributed by atoms with van der Waals surface area (Å²) in [5, 5.41) is 0. The number of benzene rings is 1. The van der Waals surface area contributed by atoms with Crippen LogP contribution in [-0.2, 0) is 0 Å². The fourth-order valence-corrected chi connectivity index (χ4v) is 1.45. The van der Waals surface area contributed by atoms with Crippen molar-refractivity contribution in [3.8, 4) is 11.5 Å². The van der Waals surface area contributed by atoms with E-state index in [1.807, 2.05) is 71.1 Å². The smallest absolute Gasteiger partial charge is 0.192 e. The molecule has 1 aromatic rings. The summed E-state index contributed by atoms with van der Waals surface area (Å²) < 4.78 is 10.1. The lowest BCUT2D eigenvalue weighted by molar-refractivity contribution is 0.635. The average Bonchev–Trinajstić information content (AvgIpc) is 2.04. The zero-order valence-corrected chi connectivity index (χ0v) is 10.1. The summed E-state index contributed by atoms with van der Waals surface area (Å²) in [7, 11) is 0. The molecule has 0 amide bonds. The molecule has 0 bridgehead atoms. The maximum atomic E-state index is 5.06. The van der Waals surface area contributed by atoms with Crippen LogP contribution in [0.4, 0.5) is 0 Å². The highest BCUT2D eigenvalue weighted by molar-refractivity contribution is 14.1. The Balaban J connectivity index is 3.06. The fourth-order valence-electron chi connectivity index (χ4n) is 0.739. The van der Waals surface area contributed by atoms with E-state index in [9.17, 15) is 0 Å². The normalized spacial score (nSPS) is 9.36. The molecule has 1 rings (SSSR count). The Morgan fingerprint density at radius 3 is 2.27 bits per heavy atom. The Morgan fingerprint density at radius 1 is 1.09 bits per heavy atom. The molecule has 0 fully saturated rings. The van der Waals surface area contributed by atoms with E-state index in [-0.39, 0.29) is 0 Å². The number of rotatable bonds is 2. The molecule has 0 atom stereocenters. The molecule has 0 N–H and O–H groups in total. The third-order valence-corrected chi connectivity index (χ3v) is 2.21. The predicted octanol–water partition coefficient (Wildman–Crippen LogP) is 3.45. The summed E-state index contributed by atoms with van der Waals surface area (Å²) in [6.45, 7) is 2.01. The fraction of sp³-hybridized carbons (Fsp3) is 0.143. The molecule has 0 aromatic heterocycles. The van der Waals surface area contributed by atoms with Gasteiger partial charge in [-0.2, -0.15) is 0 Å². The van der Waals surface area contributed by atoms with Gasteiger partial charge in [0.15, 0.2) is 57.5 Å². The van der Waals surface area contributed by atoms with Crippen molar-refractivity contribution in [2.24, 2.45) is 0 Å². The van der Waals surface area contributed by atoms with Crippen LogP contribution in [0.3, 0.4) is 0 Å². The summed E-state index contributed by atoms with van der Waals surface area (Å²) in [5.74, 6) is 1.52. The van der Waals surface area contributed by atoms with Crippen LogP contribution in [0.2, 0.25) is 0 Å². The van der Waals surface area contributed by atoms with E-state index in [2.05, 4.69) is 0 Å². The van der Waals surface area contributed by atoms with Crippen LogP contribution < -0.4 is 6.13 Å². The van der Waals surface area contributed by atoms with Gasteiger partial charge in [-0.15, -0.1) is 0 Å². The molecule has 0 aliphatic rings. The van der Waals surface area contributed by atoms with E-state index in [1.165, 1.54) is 0 Å². The molecular formula is C7H6I2O2. The van der Waals surface area contributed by atoms with E-state index in [0.717, 1.165) is 17.1 Å². The van der Waals surface area contributed by atoms with Crippen LogP contribution in [0.15, 0.2) is 18.2 Å². The van der Waals surface area contributed by atoms with Crippen molar-refractivity contribution in [1.82, 2.24) is 0 Å². The highest BCUT2D eigenvalue weighted by atomic mass is 127. The second-order valence-electron chi connectivity index (χ2n) is 2.10. The second-order valence-corrected chi connectivity index (χ2v) is 2.99. The van der Waals surface area contributed by atoms with Crippen molar-refractivity contribution in [2.45, 2.75) is 6.92 Å². The molecule has 0 saturated carbocycles. The Kier molecular flexibility index (Phi) is 3.70. The molecule has 1 aromatic carbocycles. The standard InChI is InChI=1S/C7H6I2O2/c1-5-2-3-6(10-8)7(4-5)11-9/h2-4H,1H3. The van der Waals surface area contributed by atoms with E-state index in [0.29, 0.717) is 0 Å². The van der Waals surface area contributed by atoms with Gasteiger partial charge in [-0.05, 0) is 24.6 Å². The lowest BCUT2D eigenvalue weighted by atomic mass is 10.2. The monoisotopic (exact) mass is 376 g/mol. The van der Waals surface area contributed by atoms with Gasteiger partial charge in [-0.25, -0.2) is 0 Å². The topological polar surface area (TPSA) is 18.5 Å². The maximum Gasteiger partial charge on any atom is 0.192 e. The van der Waals surface area contributed by atoms with Gasteiger partial charge in [-0.3, -0.25) is 0 Å². The van der Waals surface area contributed by atoms with Gasteiger partial charge in [-0.1, -0.05) is 6.07 Å². The third kappa shape index (κ3) is 2.36. The van der Waals surface area contributed by atoms with E-state index < -0.39 is 0 Å². The van der Waals surface area contributed by atoms with Crippen molar-refractivity contribution in [3.63, 3.8) is 0 Å². The van der Waals surface area contributed by atoms with Gasteiger partial charge in [0.25, 0.3) is 0 Å². The predicted molar refractivity (Wildman–Crippen MR) is 60.5 cm³/mol. The van der Waals surface area contributed by atoms with Crippen molar-refractivity contribution in [1.29, 1.82) is 0 Å². The van der Waals surface area contributed by atoms with E-state index in [4.69, 9.17) is 6.13 Å². The molecular weight excluding hydrogens is 370 g/mol. The van der Waals surface area contributed by atoms with Gasteiger partial charge in [0.05, 0.1) is 0 Å². The molecule has 0 aliphatic heterocycles. The van der Waals surface area contributed by atoms with Crippen LogP contribution in [0.25, 0.3) is 0 Å². The minimum absolute atomic E-state index is 0.755. The first-order valence-corrected chi connectivity index (χ1v) is 4.72. The van der Waals surface area contributed by atoms with Crippen LogP contribution in [0, 0.1) is 6.92 Å². The largest absolute Gasteiger partial charge is 0.424 e. The second kappa shape index (κ2) is 4.34. The molecule has 2 nitrogen and oxygen atoms in total. The first kappa shape index (κ1) is 9.37.